The zero-order valence-corrected chi connectivity index (χ0v) is 18.8. The van der Waals surface area contributed by atoms with Gasteiger partial charge in [0.2, 0.25) is 5.95 Å². The number of nitriles is 1. The van der Waals surface area contributed by atoms with Gasteiger partial charge in [0.25, 0.3) is 5.91 Å². The minimum atomic E-state index is -0.514. The number of amides is 1. The fraction of sp³-hybridized carbons (Fsp3) is 0.111. The maximum Gasteiger partial charge on any atom is 0.255 e. The average Bonchev–Trinajstić information content (AvgIpc) is 3.27. The number of benzene rings is 3. The Morgan fingerprint density at radius 1 is 1.00 bits per heavy atom. The molecule has 0 fully saturated rings. The van der Waals surface area contributed by atoms with Gasteiger partial charge < -0.3 is 10.6 Å². The van der Waals surface area contributed by atoms with Gasteiger partial charge in [0.15, 0.2) is 5.82 Å². The summed E-state index contributed by atoms with van der Waals surface area (Å²) in [5.41, 5.74) is 5.35. The molecular formula is C27H22N6O. The maximum absolute atomic E-state index is 13.5. The Hall–Kier alpha value is -4.70. The number of hydrogen-bond donors (Lipinski definition) is 2. The topological polar surface area (TPSA) is 95.6 Å². The molecule has 1 aliphatic heterocycles. The third kappa shape index (κ3) is 3.93. The zero-order valence-electron chi connectivity index (χ0n) is 18.8. The molecule has 1 atom stereocenters. The Morgan fingerprint density at radius 3 is 2.38 bits per heavy atom. The molecule has 1 amide bonds. The van der Waals surface area contributed by atoms with Gasteiger partial charge >= 0.3 is 0 Å². The van der Waals surface area contributed by atoms with Gasteiger partial charge in [0.1, 0.15) is 6.04 Å². The summed E-state index contributed by atoms with van der Waals surface area (Å²) in [6.45, 7) is 3.89. The van der Waals surface area contributed by atoms with E-state index in [0.717, 1.165) is 16.7 Å². The fourth-order valence-corrected chi connectivity index (χ4v) is 4.04. The Kier molecular flexibility index (Phi) is 5.40. The average molecular weight is 447 g/mol. The van der Waals surface area contributed by atoms with E-state index in [1.807, 2.05) is 80.6 Å². The van der Waals surface area contributed by atoms with Crippen molar-refractivity contribution in [2.45, 2.75) is 19.9 Å². The van der Waals surface area contributed by atoms with Crippen LogP contribution in [0.3, 0.4) is 0 Å². The van der Waals surface area contributed by atoms with Crippen LogP contribution in [0.15, 0.2) is 90.1 Å². The maximum atomic E-state index is 13.5. The third-order valence-corrected chi connectivity index (χ3v) is 5.79. The molecule has 1 aromatic heterocycles. The Balaban J connectivity index is 1.60. The van der Waals surface area contributed by atoms with Crippen LogP contribution < -0.4 is 10.6 Å². The van der Waals surface area contributed by atoms with E-state index in [4.69, 9.17) is 10.1 Å². The van der Waals surface area contributed by atoms with Crippen molar-refractivity contribution in [1.82, 2.24) is 14.8 Å². The van der Waals surface area contributed by atoms with Crippen molar-refractivity contribution < 1.29 is 4.79 Å². The van der Waals surface area contributed by atoms with Crippen LogP contribution in [0.25, 0.3) is 11.4 Å². The number of aryl methyl sites for hydroxylation is 1. The Morgan fingerprint density at radius 2 is 1.71 bits per heavy atom. The van der Waals surface area contributed by atoms with Gasteiger partial charge in [-0.1, -0.05) is 60.2 Å². The number of rotatable bonds is 4. The molecule has 0 saturated carbocycles. The molecule has 2 N–H and O–H groups in total. The van der Waals surface area contributed by atoms with Crippen LogP contribution in [0.5, 0.6) is 0 Å². The van der Waals surface area contributed by atoms with Crippen molar-refractivity contribution in [1.29, 1.82) is 5.26 Å². The number of allylic oxidation sites excluding steroid dienone is 1. The molecule has 7 nitrogen and oxygen atoms in total. The van der Waals surface area contributed by atoms with E-state index in [2.05, 4.69) is 16.7 Å². The molecule has 0 saturated heterocycles. The first-order chi connectivity index (χ1) is 16.5. The molecule has 0 bridgehead atoms. The lowest BCUT2D eigenvalue weighted by Gasteiger charge is -2.28. The number of nitrogens with zero attached hydrogens (tertiary/aromatic N) is 4. The zero-order chi connectivity index (χ0) is 23.7. The molecule has 3 aromatic carbocycles. The molecular weight excluding hydrogens is 424 g/mol. The molecule has 0 radical (unpaired) electrons. The van der Waals surface area contributed by atoms with Crippen molar-refractivity contribution in [2.75, 3.05) is 10.6 Å². The van der Waals surface area contributed by atoms with Crippen molar-refractivity contribution in [3.05, 3.63) is 107 Å². The van der Waals surface area contributed by atoms with Gasteiger partial charge in [-0.3, -0.25) is 4.79 Å². The quantitative estimate of drug-likeness (QED) is 0.457. The monoisotopic (exact) mass is 446 g/mol. The summed E-state index contributed by atoms with van der Waals surface area (Å²) < 4.78 is 1.74. The lowest BCUT2D eigenvalue weighted by atomic mass is 9.94. The first-order valence-corrected chi connectivity index (χ1v) is 10.9. The highest BCUT2D eigenvalue weighted by Gasteiger charge is 2.34. The molecule has 34 heavy (non-hydrogen) atoms. The van der Waals surface area contributed by atoms with E-state index >= 15 is 0 Å². The summed E-state index contributed by atoms with van der Waals surface area (Å²) in [5.74, 6) is 0.890. The van der Waals surface area contributed by atoms with E-state index < -0.39 is 6.04 Å². The van der Waals surface area contributed by atoms with Crippen molar-refractivity contribution in [3.8, 4) is 17.5 Å². The van der Waals surface area contributed by atoms with Crippen LogP contribution in [0.1, 0.15) is 29.7 Å². The lowest BCUT2D eigenvalue weighted by Crippen LogP contribution is -2.31. The number of hydrogen-bond acceptors (Lipinski definition) is 5. The minimum absolute atomic E-state index is 0.233. The van der Waals surface area contributed by atoms with Crippen LogP contribution in [0, 0.1) is 18.3 Å². The van der Waals surface area contributed by atoms with Gasteiger partial charge in [0.05, 0.1) is 17.2 Å². The summed E-state index contributed by atoms with van der Waals surface area (Å²) in [4.78, 5) is 18.2. The summed E-state index contributed by atoms with van der Waals surface area (Å²) in [5, 5.41) is 20.3. The Bertz CT molecular complexity index is 1430. The SMILES string of the molecule is CC1=C(C(=O)Nc2ccccc2)C(c2ccc(C#N)cc2)n2nc(-c3ccc(C)cc3)nc2N1. The van der Waals surface area contributed by atoms with Crippen LogP contribution in [-0.2, 0) is 4.79 Å². The summed E-state index contributed by atoms with van der Waals surface area (Å²) in [6, 6.07) is 26.2. The summed E-state index contributed by atoms with van der Waals surface area (Å²) in [7, 11) is 0. The van der Waals surface area contributed by atoms with Crippen molar-refractivity contribution in [2.24, 2.45) is 0 Å². The van der Waals surface area contributed by atoms with Gasteiger partial charge in [0, 0.05) is 16.9 Å². The molecule has 5 rings (SSSR count). The minimum Gasteiger partial charge on any atom is -0.328 e. The highest BCUT2D eigenvalue weighted by Crippen LogP contribution is 2.37. The van der Waals surface area contributed by atoms with Gasteiger partial charge in [-0.2, -0.15) is 10.2 Å². The summed E-state index contributed by atoms with van der Waals surface area (Å²) in [6.07, 6.45) is 0. The highest BCUT2D eigenvalue weighted by molar-refractivity contribution is 6.06. The second-order valence-electron chi connectivity index (χ2n) is 8.19. The fourth-order valence-electron chi connectivity index (χ4n) is 4.04. The second kappa shape index (κ2) is 8.68. The van der Waals surface area contributed by atoms with Crippen LogP contribution in [-0.4, -0.2) is 20.7 Å². The first-order valence-electron chi connectivity index (χ1n) is 10.9. The molecule has 4 aromatic rings. The third-order valence-electron chi connectivity index (χ3n) is 5.79. The van der Waals surface area contributed by atoms with E-state index in [-0.39, 0.29) is 5.91 Å². The van der Waals surface area contributed by atoms with Crippen molar-refractivity contribution in [3.63, 3.8) is 0 Å². The predicted molar refractivity (Wildman–Crippen MR) is 131 cm³/mol. The number of carbonyl (C=O) groups excluding carboxylic acids is 1. The standard InChI is InChI=1S/C27H22N6O/c1-17-8-12-21(13-9-17)25-31-27-29-18(2)23(26(34)30-22-6-4-3-5-7-22)24(33(27)32-25)20-14-10-19(16-28)11-15-20/h3-15,24H,1-2H3,(H,30,34)(H,29,31,32). The van der Waals surface area contributed by atoms with Gasteiger partial charge in [-0.05, 0) is 43.7 Å². The van der Waals surface area contributed by atoms with E-state index in [0.29, 0.717) is 34.3 Å². The number of aromatic nitrogens is 3. The van der Waals surface area contributed by atoms with Gasteiger partial charge in [-0.15, -0.1) is 5.10 Å². The molecule has 0 spiro atoms. The largest absolute Gasteiger partial charge is 0.328 e. The highest BCUT2D eigenvalue weighted by atomic mass is 16.1. The van der Waals surface area contributed by atoms with Gasteiger partial charge in [-0.25, -0.2) is 4.68 Å². The Labute approximate surface area is 197 Å². The molecule has 0 aliphatic carbocycles. The van der Waals surface area contributed by atoms with E-state index in [1.54, 1.807) is 16.8 Å². The van der Waals surface area contributed by atoms with Crippen molar-refractivity contribution >= 4 is 17.5 Å². The number of para-hydroxylation sites is 1. The molecule has 1 unspecified atom stereocenters. The molecule has 2 heterocycles. The van der Waals surface area contributed by atoms with Crippen LogP contribution >= 0.6 is 0 Å². The van der Waals surface area contributed by atoms with E-state index in [9.17, 15) is 10.1 Å². The molecule has 7 heteroatoms. The second-order valence-corrected chi connectivity index (χ2v) is 8.19. The smallest absolute Gasteiger partial charge is 0.255 e. The van der Waals surface area contributed by atoms with Crippen LogP contribution in [0.4, 0.5) is 11.6 Å². The molecule has 1 aliphatic rings. The number of carbonyl (C=O) groups is 1. The first kappa shape index (κ1) is 21.2. The lowest BCUT2D eigenvalue weighted by molar-refractivity contribution is -0.113. The molecule has 166 valence electrons. The normalized spacial score (nSPS) is 14.7. The number of anilines is 2. The van der Waals surface area contributed by atoms with Crippen LogP contribution in [0.2, 0.25) is 0 Å². The predicted octanol–water partition coefficient (Wildman–Crippen LogP) is 5.05. The summed E-state index contributed by atoms with van der Waals surface area (Å²) >= 11 is 0. The number of nitrogens with one attached hydrogen (secondary N) is 2. The van der Waals surface area contributed by atoms with E-state index in [1.165, 1.54) is 0 Å². The number of fused-ring (bicyclic) bond motifs is 1.